The Kier molecular flexibility index (Phi) is 9.53. The van der Waals surface area contributed by atoms with E-state index in [9.17, 15) is 9.59 Å². The maximum absolute atomic E-state index is 12.5. The van der Waals surface area contributed by atoms with E-state index in [0.717, 1.165) is 62.7 Å². The second-order valence-corrected chi connectivity index (χ2v) is 7.86. The molecule has 1 aliphatic rings. The van der Waals surface area contributed by atoms with Crippen LogP contribution in [0.25, 0.3) is 0 Å². The lowest BCUT2D eigenvalue weighted by molar-refractivity contribution is -0.116. The number of carbonyl (C=O) groups is 2. The summed E-state index contributed by atoms with van der Waals surface area (Å²) in [5.74, 6) is 0.607. The first-order chi connectivity index (χ1) is 15.6. The molecule has 7 heteroatoms. The highest BCUT2D eigenvalue weighted by Crippen LogP contribution is 2.14. The lowest BCUT2D eigenvalue weighted by Crippen LogP contribution is -2.38. The minimum Gasteiger partial charge on any atom is -0.494 e. The van der Waals surface area contributed by atoms with Crippen LogP contribution in [0.5, 0.6) is 5.75 Å². The van der Waals surface area contributed by atoms with Crippen molar-refractivity contribution in [2.45, 2.75) is 32.7 Å². The number of morpholine rings is 1. The predicted molar refractivity (Wildman–Crippen MR) is 125 cm³/mol. The number of nitrogens with zero attached hydrogens (tertiary/aromatic N) is 1. The average Bonchev–Trinajstić information content (AvgIpc) is 2.83. The van der Waals surface area contributed by atoms with Gasteiger partial charge in [0.25, 0.3) is 5.91 Å². The lowest BCUT2D eigenvalue weighted by atomic mass is 10.1. The molecule has 0 aliphatic carbocycles. The van der Waals surface area contributed by atoms with Crippen LogP contribution in [0.3, 0.4) is 0 Å². The third-order valence-corrected chi connectivity index (χ3v) is 5.31. The molecule has 1 saturated heterocycles. The Morgan fingerprint density at radius 2 is 1.88 bits per heavy atom. The number of rotatable bonds is 11. The Hall–Kier alpha value is -2.90. The zero-order chi connectivity index (χ0) is 22.6. The molecule has 0 unspecified atom stereocenters. The number of anilines is 1. The molecule has 1 aliphatic heterocycles. The van der Waals surface area contributed by atoms with Crippen LogP contribution < -0.4 is 15.4 Å². The first-order valence-electron chi connectivity index (χ1n) is 11.3. The van der Waals surface area contributed by atoms with Crippen molar-refractivity contribution in [3.63, 3.8) is 0 Å². The summed E-state index contributed by atoms with van der Waals surface area (Å²) in [5, 5.41) is 5.87. The number of unbranched alkanes of at least 4 members (excludes halogenated alkanes) is 1. The van der Waals surface area contributed by atoms with Gasteiger partial charge in [0.05, 0.1) is 19.8 Å². The van der Waals surface area contributed by atoms with Gasteiger partial charge in [0.1, 0.15) is 5.75 Å². The molecule has 1 heterocycles. The van der Waals surface area contributed by atoms with Crippen LogP contribution in [0.2, 0.25) is 0 Å². The van der Waals surface area contributed by atoms with E-state index in [1.54, 1.807) is 12.1 Å². The fourth-order valence-corrected chi connectivity index (χ4v) is 3.39. The quantitative estimate of drug-likeness (QED) is 0.524. The minimum atomic E-state index is -0.148. The van der Waals surface area contributed by atoms with Gasteiger partial charge in [-0.2, -0.15) is 0 Å². The summed E-state index contributed by atoms with van der Waals surface area (Å²) in [6.45, 7) is 7.11. The summed E-state index contributed by atoms with van der Waals surface area (Å²) < 4.78 is 11.0. The van der Waals surface area contributed by atoms with Gasteiger partial charge in [-0.05, 0) is 48.4 Å². The Morgan fingerprint density at radius 3 is 2.62 bits per heavy atom. The van der Waals surface area contributed by atoms with Crippen molar-refractivity contribution in [2.75, 3.05) is 44.8 Å². The molecular formula is C25H33N3O4. The first-order valence-corrected chi connectivity index (χ1v) is 11.3. The average molecular weight is 440 g/mol. The Labute approximate surface area is 190 Å². The van der Waals surface area contributed by atoms with Gasteiger partial charge in [-0.3, -0.25) is 14.5 Å². The van der Waals surface area contributed by atoms with Gasteiger partial charge in [-0.15, -0.1) is 0 Å². The highest BCUT2D eigenvalue weighted by Gasteiger charge is 2.12. The molecule has 32 heavy (non-hydrogen) atoms. The van der Waals surface area contributed by atoms with E-state index in [-0.39, 0.29) is 11.8 Å². The van der Waals surface area contributed by atoms with Crippen LogP contribution in [0.15, 0.2) is 48.5 Å². The molecule has 0 atom stereocenters. The van der Waals surface area contributed by atoms with Crippen molar-refractivity contribution in [1.29, 1.82) is 0 Å². The van der Waals surface area contributed by atoms with E-state index in [4.69, 9.17) is 9.47 Å². The van der Waals surface area contributed by atoms with Crippen molar-refractivity contribution in [2.24, 2.45) is 0 Å². The van der Waals surface area contributed by atoms with E-state index in [1.807, 2.05) is 36.4 Å². The number of nitrogens with one attached hydrogen (secondary N) is 2. The predicted octanol–water partition coefficient (Wildman–Crippen LogP) is 3.46. The Balaban J connectivity index is 1.43. The number of ether oxygens (including phenoxy) is 2. The molecule has 2 N–H and O–H groups in total. The third-order valence-electron chi connectivity index (χ3n) is 5.31. The molecule has 2 amide bonds. The number of carbonyl (C=O) groups excluding carboxylic acids is 2. The van der Waals surface area contributed by atoms with Crippen LogP contribution in [0.4, 0.5) is 5.69 Å². The summed E-state index contributed by atoms with van der Waals surface area (Å²) in [6, 6.07) is 14.7. The highest BCUT2D eigenvalue weighted by molar-refractivity contribution is 5.94. The standard InChI is InChI=1S/C25H33N3O4/c1-2-3-15-32-23-9-7-21(8-10-23)25(30)26-19-20-5-4-6-22(18-20)27-24(29)11-12-28-13-16-31-17-14-28/h4-10,18H,2-3,11-17,19H2,1H3,(H,26,30)(H,27,29). The summed E-state index contributed by atoms with van der Waals surface area (Å²) in [4.78, 5) is 27.0. The third kappa shape index (κ3) is 7.98. The normalized spacial score (nSPS) is 14.0. The molecule has 172 valence electrons. The van der Waals surface area contributed by atoms with Gasteiger partial charge in [-0.1, -0.05) is 25.5 Å². The number of amides is 2. The van der Waals surface area contributed by atoms with Gasteiger partial charge in [0.15, 0.2) is 0 Å². The maximum atomic E-state index is 12.5. The van der Waals surface area contributed by atoms with Crippen molar-refractivity contribution in [1.82, 2.24) is 10.2 Å². The van der Waals surface area contributed by atoms with Gasteiger partial charge < -0.3 is 20.1 Å². The summed E-state index contributed by atoms with van der Waals surface area (Å²) in [5.41, 5.74) is 2.24. The molecule has 3 rings (SSSR count). The minimum absolute atomic E-state index is 0.0149. The number of hydrogen-bond donors (Lipinski definition) is 2. The number of hydrogen-bond acceptors (Lipinski definition) is 5. The molecule has 2 aromatic rings. The molecular weight excluding hydrogens is 406 g/mol. The fourth-order valence-electron chi connectivity index (χ4n) is 3.39. The van der Waals surface area contributed by atoms with Crippen LogP contribution in [-0.4, -0.2) is 56.2 Å². The van der Waals surface area contributed by atoms with Crippen LogP contribution in [0.1, 0.15) is 42.1 Å². The molecule has 0 saturated carbocycles. The second kappa shape index (κ2) is 12.8. The number of benzene rings is 2. The zero-order valence-corrected chi connectivity index (χ0v) is 18.8. The molecule has 2 aromatic carbocycles. The van der Waals surface area contributed by atoms with Gasteiger partial charge in [-0.25, -0.2) is 0 Å². The smallest absolute Gasteiger partial charge is 0.251 e. The van der Waals surface area contributed by atoms with E-state index >= 15 is 0 Å². The molecule has 0 spiro atoms. The van der Waals surface area contributed by atoms with Gasteiger partial charge >= 0.3 is 0 Å². The second-order valence-electron chi connectivity index (χ2n) is 7.86. The van der Waals surface area contributed by atoms with Crippen LogP contribution in [-0.2, 0) is 16.1 Å². The van der Waals surface area contributed by atoms with E-state index in [0.29, 0.717) is 25.1 Å². The first kappa shape index (κ1) is 23.8. The topological polar surface area (TPSA) is 79.9 Å². The molecule has 0 bridgehead atoms. The van der Waals surface area contributed by atoms with Crippen LogP contribution in [0, 0.1) is 0 Å². The van der Waals surface area contributed by atoms with Crippen molar-refractivity contribution < 1.29 is 19.1 Å². The summed E-state index contributed by atoms with van der Waals surface area (Å²) in [6.07, 6.45) is 2.54. The lowest BCUT2D eigenvalue weighted by Gasteiger charge is -2.26. The SMILES string of the molecule is CCCCOc1ccc(C(=O)NCc2cccc(NC(=O)CCN3CCOCC3)c2)cc1. The Bertz CT molecular complexity index is 864. The van der Waals surface area contributed by atoms with E-state index < -0.39 is 0 Å². The zero-order valence-electron chi connectivity index (χ0n) is 18.8. The largest absolute Gasteiger partial charge is 0.494 e. The molecule has 7 nitrogen and oxygen atoms in total. The monoisotopic (exact) mass is 439 g/mol. The van der Waals surface area contributed by atoms with Crippen molar-refractivity contribution in [3.8, 4) is 5.75 Å². The maximum Gasteiger partial charge on any atom is 0.251 e. The van der Waals surface area contributed by atoms with E-state index in [2.05, 4.69) is 22.5 Å². The van der Waals surface area contributed by atoms with Gasteiger partial charge in [0, 0.05) is 43.9 Å². The fraction of sp³-hybridized carbons (Fsp3) is 0.440. The molecule has 1 fully saturated rings. The van der Waals surface area contributed by atoms with Crippen molar-refractivity contribution >= 4 is 17.5 Å². The summed E-state index contributed by atoms with van der Waals surface area (Å²) >= 11 is 0. The molecule has 0 radical (unpaired) electrons. The summed E-state index contributed by atoms with van der Waals surface area (Å²) in [7, 11) is 0. The van der Waals surface area contributed by atoms with E-state index in [1.165, 1.54) is 0 Å². The van der Waals surface area contributed by atoms with Gasteiger partial charge in [0.2, 0.25) is 5.91 Å². The Morgan fingerprint density at radius 1 is 1.09 bits per heavy atom. The van der Waals surface area contributed by atoms with Crippen LogP contribution >= 0.6 is 0 Å². The highest BCUT2D eigenvalue weighted by atomic mass is 16.5. The molecule has 0 aromatic heterocycles. The van der Waals surface area contributed by atoms with Crippen molar-refractivity contribution in [3.05, 3.63) is 59.7 Å².